The van der Waals surface area contributed by atoms with Gasteiger partial charge in [0.15, 0.2) is 5.78 Å². The maximum Gasteiger partial charge on any atom is 0.305 e. The molecular weight excluding hydrogens is 404 g/mol. The predicted molar refractivity (Wildman–Crippen MR) is 116 cm³/mol. The number of thioether (sulfide) groups is 1. The van der Waals surface area contributed by atoms with E-state index in [0.29, 0.717) is 17.7 Å². The van der Waals surface area contributed by atoms with Crippen molar-refractivity contribution in [3.8, 4) is 11.8 Å². The Morgan fingerprint density at radius 3 is 2.70 bits per heavy atom. The lowest BCUT2D eigenvalue weighted by Gasteiger charge is -2.28. The zero-order chi connectivity index (χ0) is 22.1. The van der Waals surface area contributed by atoms with Crippen molar-refractivity contribution in [1.82, 2.24) is 0 Å². The fourth-order valence-electron chi connectivity index (χ4n) is 4.01. The zero-order valence-electron chi connectivity index (χ0n) is 17.7. The minimum atomic E-state index is -1.70. The molecule has 0 aromatic heterocycles. The molecular formula is C23H32O6S. The lowest BCUT2D eigenvalue weighted by molar-refractivity contribution is -0.140. The summed E-state index contributed by atoms with van der Waals surface area (Å²) in [5.41, 5.74) is -1.70. The highest BCUT2D eigenvalue weighted by Gasteiger charge is 2.48. The Bertz CT molecular complexity index is 728. The molecule has 3 N–H and O–H groups in total. The van der Waals surface area contributed by atoms with Crippen LogP contribution in [0, 0.1) is 23.7 Å². The first-order valence-electron chi connectivity index (χ1n) is 10.5. The molecule has 166 valence electrons. The Kier molecular flexibility index (Phi) is 9.63. The van der Waals surface area contributed by atoms with Crippen molar-refractivity contribution in [2.24, 2.45) is 11.8 Å². The molecule has 2 aliphatic rings. The number of methoxy groups -OCH3 is 1. The molecule has 0 aromatic carbocycles. The van der Waals surface area contributed by atoms with E-state index in [1.54, 1.807) is 12.3 Å². The SMILES string of the molecule is COC(=O)CCCC#CC(O)C1C(=O)C(SC)=CC1(O)C=CC(O)C1CCCCC1. The van der Waals surface area contributed by atoms with E-state index < -0.39 is 23.7 Å². The smallest absolute Gasteiger partial charge is 0.305 e. The van der Waals surface area contributed by atoms with Gasteiger partial charge in [-0.05, 0) is 43.6 Å². The van der Waals surface area contributed by atoms with E-state index >= 15 is 0 Å². The van der Waals surface area contributed by atoms with Crippen molar-refractivity contribution in [1.29, 1.82) is 0 Å². The van der Waals surface area contributed by atoms with Gasteiger partial charge in [0, 0.05) is 17.7 Å². The van der Waals surface area contributed by atoms with Crippen LogP contribution in [0.4, 0.5) is 0 Å². The predicted octanol–water partition coefficient (Wildman–Crippen LogP) is 2.37. The van der Waals surface area contributed by atoms with Crippen LogP contribution in [-0.4, -0.2) is 58.2 Å². The number of esters is 1. The third-order valence-electron chi connectivity index (χ3n) is 5.77. The summed E-state index contributed by atoms with van der Waals surface area (Å²) in [5, 5.41) is 32.2. The van der Waals surface area contributed by atoms with Gasteiger partial charge in [0.25, 0.3) is 0 Å². The molecule has 1 saturated carbocycles. The average molecular weight is 437 g/mol. The quantitative estimate of drug-likeness (QED) is 0.232. The number of hydrogen-bond acceptors (Lipinski definition) is 7. The number of unbranched alkanes of at least 4 members (excludes halogenated alkanes) is 1. The molecule has 2 rings (SSSR count). The number of aliphatic hydroxyl groups is 3. The summed E-state index contributed by atoms with van der Waals surface area (Å²) in [6.45, 7) is 0. The number of hydrogen-bond donors (Lipinski definition) is 3. The van der Waals surface area contributed by atoms with Crippen LogP contribution in [0.15, 0.2) is 23.1 Å². The zero-order valence-corrected chi connectivity index (χ0v) is 18.5. The Hall–Kier alpha value is -1.59. The van der Waals surface area contributed by atoms with E-state index in [0.717, 1.165) is 25.7 Å². The standard InChI is InChI=1S/C23H32O6S/c1-29-20(26)12-8-4-7-11-18(25)21-22(27)19(30-2)15-23(21,28)14-13-17(24)16-9-5-3-6-10-16/h13-18,21,24-25,28H,3-6,8-10,12H2,1-2H3. The molecule has 0 aliphatic heterocycles. The number of carbonyl (C=O) groups excluding carboxylic acids is 2. The summed E-state index contributed by atoms with van der Waals surface area (Å²) in [7, 11) is 1.32. The normalized spacial score (nSPS) is 26.8. The van der Waals surface area contributed by atoms with Crippen molar-refractivity contribution < 1.29 is 29.6 Å². The maximum absolute atomic E-state index is 12.7. The monoisotopic (exact) mass is 436 g/mol. The first kappa shape index (κ1) is 24.7. The van der Waals surface area contributed by atoms with Crippen LogP contribution in [0.3, 0.4) is 0 Å². The Balaban J connectivity index is 2.09. The van der Waals surface area contributed by atoms with E-state index in [1.807, 2.05) is 0 Å². The van der Waals surface area contributed by atoms with Gasteiger partial charge in [-0.25, -0.2) is 0 Å². The van der Waals surface area contributed by atoms with E-state index in [1.165, 1.54) is 37.4 Å². The number of rotatable bonds is 8. The summed E-state index contributed by atoms with van der Waals surface area (Å²) in [4.78, 5) is 24.2. The number of ether oxygens (including phenoxy) is 1. The van der Waals surface area contributed by atoms with Crippen LogP contribution < -0.4 is 0 Å². The molecule has 0 amide bonds. The van der Waals surface area contributed by atoms with E-state index in [2.05, 4.69) is 16.6 Å². The summed E-state index contributed by atoms with van der Waals surface area (Å²) >= 11 is 1.21. The summed E-state index contributed by atoms with van der Waals surface area (Å²) in [5.74, 6) is 3.72. The number of ketones is 1. The van der Waals surface area contributed by atoms with Gasteiger partial charge >= 0.3 is 5.97 Å². The highest BCUT2D eigenvalue weighted by molar-refractivity contribution is 8.03. The van der Waals surface area contributed by atoms with Gasteiger partial charge in [0.2, 0.25) is 0 Å². The summed E-state index contributed by atoms with van der Waals surface area (Å²) < 4.78 is 4.56. The Labute approximate surface area is 182 Å². The van der Waals surface area contributed by atoms with E-state index in [4.69, 9.17) is 0 Å². The van der Waals surface area contributed by atoms with Crippen LogP contribution >= 0.6 is 11.8 Å². The summed E-state index contributed by atoms with van der Waals surface area (Å²) in [6, 6.07) is 0. The first-order valence-corrected chi connectivity index (χ1v) is 11.7. The highest BCUT2D eigenvalue weighted by atomic mass is 32.2. The van der Waals surface area contributed by atoms with Gasteiger partial charge in [0.05, 0.1) is 19.1 Å². The molecule has 4 atom stereocenters. The fraction of sp³-hybridized carbons (Fsp3) is 0.652. The molecule has 1 fully saturated rings. The Morgan fingerprint density at radius 1 is 1.37 bits per heavy atom. The van der Waals surface area contributed by atoms with Gasteiger partial charge in [-0.2, -0.15) is 0 Å². The topological polar surface area (TPSA) is 104 Å². The Morgan fingerprint density at radius 2 is 2.07 bits per heavy atom. The van der Waals surface area contributed by atoms with Gasteiger partial charge in [0.1, 0.15) is 11.7 Å². The van der Waals surface area contributed by atoms with Gasteiger partial charge in [-0.3, -0.25) is 9.59 Å². The molecule has 0 spiro atoms. The molecule has 7 heteroatoms. The molecule has 0 radical (unpaired) electrons. The number of Topliss-reactive ketones (excluding diaryl/α,β-unsaturated/α-hetero) is 1. The minimum Gasteiger partial charge on any atom is -0.469 e. The van der Waals surface area contributed by atoms with Crippen LogP contribution in [0.2, 0.25) is 0 Å². The van der Waals surface area contributed by atoms with Crippen molar-refractivity contribution >= 4 is 23.5 Å². The van der Waals surface area contributed by atoms with Crippen molar-refractivity contribution in [3.63, 3.8) is 0 Å². The fourth-order valence-corrected chi connectivity index (χ4v) is 4.65. The number of allylic oxidation sites excluding steroid dienone is 1. The van der Waals surface area contributed by atoms with Gasteiger partial charge in [-0.15, -0.1) is 17.7 Å². The summed E-state index contributed by atoms with van der Waals surface area (Å²) in [6.07, 6.45) is 10.4. The van der Waals surface area contributed by atoms with Crippen LogP contribution in [-0.2, 0) is 14.3 Å². The molecule has 0 saturated heterocycles. The molecule has 0 heterocycles. The van der Waals surface area contributed by atoms with Crippen LogP contribution in [0.1, 0.15) is 51.4 Å². The number of aliphatic hydroxyl groups excluding tert-OH is 2. The van der Waals surface area contributed by atoms with Crippen molar-refractivity contribution in [2.45, 2.75) is 69.2 Å². The van der Waals surface area contributed by atoms with Crippen LogP contribution in [0.5, 0.6) is 0 Å². The first-order chi connectivity index (χ1) is 14.3. The van der Waals surface area contributed by atoms with E-state index in [9.17, 15) is 24.9 Å². The third kappa shape index (κ3) is 6.45. The maximum atomic E-state index is 12.7. The molecule has 2 aliphatic carbocycles. The second kappa shape index (κ2) is 11.7. The molecule has 0 bridgehead atoms. The average Bonchev–Trinajstić information content (AvgIpc) is 3.02. The molecule has 30 heavy (non-hydrogen) atoms. The van der Waals surface area contributed by atoms with Gasteiger partial charge in [-0.1, -0.05) is 31.3 Å². The largest absolute Gasteiger partial charge is 0.469 e. The molecule has 0 aromatic rings. The van der Waals surface area contributed by atoms with E-state index in [-0.39, 0.29) is 24.1 Å². The van der Waals surface area contributed by atoms with Crippen molar-refractivity contribution in [2.75, 3.05) is 13.4 Å². The van der Waals surface area contributed by atoms with Gasteiger partial charge < -0.3 is 20.1 Å². The minimum absolute atomic E-state index is 0.151. The molecule has 6 nitrogen and oxygen atoms in total. The lowest BCUT2D eigenvalue weighted by Crippen LogP contribution is -2.42. The number of carbonyl (C=O) groups is 2. The second-order valence-corrected chi connectivity index (χ2v) is 8.73. The second-order valence-electron chi connectivity index (χ2n) is 7.89. The lowest BCUT2D eigenvalue weighted by atomic mass is 9.82. The van der Waals surface area contributed by atoms with Crippen molar-refractivity contribution in [3.05, 3.63) is 23.1 Å². The third-order valence-corrected chi connectivity index (χ3v) is 6.53. The highest BCUT2D eigenvalue weighted by Crippen LogP contribution is 2.39. The van der Waals surface area contributed by atoms with Crippen LogP contribution in [0.25, 0.3) is 0 Å². The molecule has 4 unspecified atom stereocenters.